The molecule has 0 aromatic heterocycles. The van der Waals surface area contributed by atoms with Crippen LogP contribution in [0.25, 0.3) is 0 Å². The van der Waals surface area contributed by atoms with E-state index in [1.54, 1.807) is 13.8 Å². The Morgan fingerprint density at radius 2 is 2.25 bits per heavy atom. The van der Waals surface area contributed by atoms with Gasteiger partial charge in [0.25, 0.3) is 0 Å². The standard InChI is InChI=1S/C12H24N2O2/c1-4-5-12(6-7-13-9-12)10(15)14-8-11(2,3)16/h13,16H,4-9H2,1-3H3,(H,14,15). The third kappa shape index (κ3) is 3.46. The lowest BCUT2D eigenvalue weighted by Gasteiger charge is -2.28. The van der Waals surface area contributed by atoms with E-state index in [2.05, 4.69) is 17.6 Å². The second kappa shape index (κ2) is 5.15. The summed E-state index contributed by atoms with van der Waals surface area (Å²) in [7, 11) is 0. The van der Waals surface area contributed by atoms with Crippen molar-refractivity contribution in [1.29, 1.82) is 0 Å². The summed E-state index contributed by atoms with van der Waals surface area (Å²) in [6, 6.07) is 0. The van der Waals surface area contributed by atoms with Crippen molar-refractivity contribution >= 4 is 5.91 Å². The lowest BCUT2D eigenvalue weighted by Crippen LogP contribution is -2.47. The van der Waals surface area contributed by atoms with Crippen molar-refractivity contribution in [3.63, 3.8) is 0 Å². The molecule has 4 nitrogen and oxygen atoms in total. The second-order valence-electron chi connectivity index (χ2n) is 5.45. The van der Waals surface area contributed by atoms with E-state index in [4.69, 9.17) is 0 Å². The minimum absolute atomic E-state index is 0.0847. The molecule has 1 heterocycles. The van der Waals surface area contributed by atoms with Crippen LogP contribution in [-0.2, 0) is 4.79 Å². The van der Waals surface area contributed by atoms with E-state index in [0.717, 1.165) is 32.4 Å². The third-order valence-electron chi connectivity index (χ3n) is 3.14. The van der Waals surface area contributed by atoms with Crippen LogP contribution < -0.4 is 10.6 Å². The summed E-state index contributed by atoms with van der Waals surface area (Å²) in [5.74, 6) is 0.0847. The zero-order chi connectivity index (χ0) is 12.2. The van der Waals surface area contributed by atoms with Gasteiger partial charge in [-0.15, -0.1) is 0 Å². The molecule has 1 unspecified atom stereocenters. The second-order valence-corrected chi connectivity index (χ2v) is 5.45. The van der Waals surface area contributed by atoms with E-state index in [1.807, 2.05) is 0 Å². The first-order valence-electron chi connectivity index (χ1n) is 6.11. The Kier molecular flexibility index (Phi) is 4.33. The molecule has 1 saturated heterocycles. The molecular formula is C12H24N2O2. The molecule has 1 fully saturated rings. The van der Waals surface area contributed by atoms with Crippen LogP contribution in [0.3, 0.4) is 0 Å². The first kappa shape index (κ1) is 13.5. The first-order chi connectivity index (χ1) is 7.40. The van der Waals surface area contributed by atoms with Crippen molar-refractivity contribution in [2.45, 2.75) is 45.6 Å². The zero-order valence-electron chi connectivity index (χ0n) is 10.6. The van der Waals surface area contributed by atoms with Crippen LogP contribution in [0.15, 0.2) is 0 Å². The minimum Gasteiger partial charge on any atom is -0.389 e. The molecule has 1 atom stereocenters. The number of carbonyl (C=O) groups is 1. The topological polar surface area (TPSA) is 61.4 Å². The van der Waals surface area contributed by atoms with Crippen molar-refractivity contribution < 1.29 is 9.90 Å². The van der Waals surface area contributed by atoms with Crippen LogP contribution in [-0.4, -0.2) is 36.2 Å². The summed E-state index contributed by atoms with van der Waals surface area (Å²) in [5, 5.41) is 15.7. The molecule has 16 heavy (non-hydrogen) atoms. The number of hydrogen-bond donors (Lipinski definition) is 3. The molecule has 94 valence electrons. The smallest absolute Gasteiger partial charge is 0.227 e. The predicted molar refractivity (Wildman–Crippen MR) is 64.1 cm³/mol. The van der Waals surface area contributed by atoms with Gasteiger partial charge in [0.2, 0.25) is 5.91 Å². The van der Waals surface area contributed by atoms with Crippen molar-refractivity contribution in [1.82, 2.24) is 10.6 Å². The Morgan fingerprint density at radius 3 is 2.69 bits per heavy atom. The number of aliphatic hydroxyl groups is 1. The van der Waals surface area contributed by atoms with Crippen LogP contribution in [0, 0.1) is 5.41 Å². The Bertz CT molecular complexity index is 240. The van der Waals surface area contributed by atoms with Gasteiger partial charge in [0.15, 0.2) is 0 Å². The van der Waals surface area contributed by atoms with Crippen LogP contribution >= 0.6 is 0 Å². The minimum atomic E-state index is -0.838. The van der Waals surface area contributed by atoms with Crippen LogP contribution in [0.5, 0.6) is 0 Å². The van der Waals surface area contributed by atoms with Gasteiger partial charge >= 0.3 is 0 Å². The quantitative estimate of drug-likeness (QED) is 0.647. The van der Waals surface area contributed by atoms with E-state index in [0.29, 0.717) is 6.54 Å². The van der Waals surface area contributed by atoms with E-state index in [9.17, 15) is 9.90 Å². The largest absolute Gasteiger partial charge is 0.389 e. The van der Waals surface area contributed by atoms with Gasteiger partial charge < -0.3 is 15.7 Å². The average Bonchev–Trinajstić information content (AvgIpc) is 2.63. The molecule has 0 aromatic rings. The van der Waals surface area contributed by atoms with Crippen LogP contribution in [0.2, 0.25) is 0 Å². The molecule has 0 radical (unpaired) electrons. The monoisotopic (exact) mass is 228 g/mol. The van der Waals surface area contributed by atoms with Gasteiger partial charge in [0.1, 0.15) is 0 Å². The summed E-state index contributed by atoms with van der Waals surface area (Å²) in [5.41, 5.74) is -1.09. The van der Waals surface area contributed by atoms with Gasteiger partial charge in [0, 0.05) is 13.1 Å². The SMILES string of the molecule is CCCC1(C(=O)NCC(C)(C)O)CCNC1. The van der Waals surface area contributed by atoms with E-state index in [-0.39, 0.29) is 11.3 Å². The van der Waals surface area contributed by atoms with E-state index >= 15 is 0 Å². The number of rotatable bonds is 5. The van der Waals surface area contributed by atoms with E-state index in [1.165, 1.54) is 0 Å². The molecule has 1 amide bonds. The van der Waals surface area contributed by atoms with Gasteiger partial charge in [0.05, 0.1) is 11.0 Å². The number of amides is 1. The number of nitrogens with one attached hydrogen (secondary N) is 2. The summed E-state index contributed by atoms with van der Waals surface area (Å²) >= 11 is 0. The van der Waals surface area contributed by atoms with Gasteiger partial charge in [-0.2, -0.15) is 0 Å². The molecule has 0 spiro atoms. The highest BCUT2D eigenvalue weighted by atomic mass is 16.3. The molecule has 0 saturated carbocycles. The molecule has 0 aromatic carbocycles. The summed E-state index contributed by atoms with van der Waals surface area (Å²) in [4.78, 5) is 12.1. The fourth-order valence-corrected chi connectivity index (χ4v) is 2.23. The maximum Gasteiger partial charge on any atom is 0.227 e. The summed E-state index contributed by atoms with van der Waals surface area (Å²) in [6.45, 7) is 7.49. The lowest BCUT2D eigenvalue weighted by molar-refractivity contribution is -0.131. The Morgan fingerprint density at radius 1 is 1.56 bits per heavy atom. The molecular weight excluding hydrogens is 204 g/mol. The molecule has 1 aliphatic rings. The van der Waals surface area contributed by atoms with Gasteiger partial charge in [-0.1, -0.05) is 13.3 Å². The maximum absolute atomic E-state index is 12.1. The molecule has 1 aliphatic heterocycles. The van der Waals surface area contributed by atoms with Crippen LogP contribution in [0.1, 0.15) is 40.0 Å². The highest BCUT2D eigenvalue weighted by Crippen LogP contribution is 2.31. The molecule has 0 bridgehead atoms. The first-order valence-corrected chi connectivity index (χ1v) is 6.11. The molecule has 4 heteroatoms. The predicted octanol–water partition coefficient (Wildman–Crippen LogP) is 0.653. The third-order valence-corrected chi connectivity index (χ3v) is 3.14. The van der Waals surface area contributed by atoms with Crippen molar-refractivity contribution in [2.75, 3.05) is 19.6 Å². The maximum atomic E-state index is 12.1. The fourth-order valence-electron chi connectivity index (χ4n) is 2.23. The highest BCUT2D eigenvalue weighted by Gasteiger charge is 2.40. The van der Waals surface area contributed by atoms with Crippen molar-refractivity contribution in [3.05, 3.63) is 0 Å². The summed E-state index contributed by atoms with van der Waals surface area (Å²) in [6.07, 6.45) is 2.83. The van der Waals surface area contributed by atoms with Crippen molar-refractivity contribution in [3.8, 4) is 0 Å². The zero-order valence-corrected chi connectivity index (χ0v) is 10.6. The van der Waals surface area contributed by atoms with Crippen LogP contribution in [0.4, 0.5) is 0 Å². The Balaban J connectivity index is 2.55. The van der Waals surface area contributed by atoms with Crippen molar-refractivity contribution in [2.24, 2.45) is 5.41 Å². The average molecular weight is 228 g/mol. The lowest BCUT2D eigenvalue weighted by atomic mass is 9.81. The normalized spacial score (nSPS) is 25.8. The molecule has 1 rings (SSSR count). The Hall–Kier alpha value is -0.610. The molecule has 0 aliphatic carbocycles. The number of hydrogen-bond acceptors (Lipinski definition) is 3. The highest BCUT2D eigenvalue weighted by molar-refractivity contribution is 5.83. The van der Waals surface area contributed by atoms with Gasteiger partial charge in [-0.25, -0.2) is 0 Å². The van der Waals surface area contributed by atoms with Gasteiger partial charge in [-0.3, -0.25) is 4.79 Å². The molecule has 3 N–H and O–H groups in total. The summed E-state index contributed by atoms with van der Waals surface area (Å²) < 4.78 is 0. The van der Waals surface area contributed by atoms with Gasteiger partial charge in [-0.05, 0) is 33.2 Å². The van der Waals surface area contributed by atoms with E-state index < -0.39 is 5.60 Å². The number of carbonyl (C=O) groups excluding carboxylic acids is 1. The fraction of sp³-hybridized carbons (Fsp3) is 0.917. The Labute approximate surface area is 97.8 Å².